The van der Waals surface area contributed by atoms with E-state index in [1.54, 1.807) is 0 Å². The van der Waals surface area contributed by atoms with Crippen molar-refractivity contribution < 1.29 is 14.6 Å². The first-order valence-corrected chi connectivity index (χ1v) is 5.26. The summed E-state index contributed by atoms with van der Waals surface area (Å²) in [7, 11) is 0. The predicted octanol–water partition coefficient (Wildman–Crippen LogP) is 1.74. The van der Waals surface area contributed by atoms with E-state index < -0.39 is 5.60 Å². The zero-order valence-corrected chi connectivity index (χ0v) is 9.25. The molecular formula is C11H20O3. The van der Waals surface area contributed by atoms with Gasteiger partial charge in [-0.15, -0.1) is 0 Å². The molecule has 14 heavy (non-hydrogen) atoms. The van der Waals surface area contributed by atoms with Crippen molar-refractivity contribution in [1.29, 1.82) is 0 Å². The van der Waals surface area contributed by atoms with E-state index in [4.69, 9.17) is 9.84 Å². The summed E-state index contributed by atoms with van der Waals surface area (Å²) in [6, 6.07) is 0. The third-order valence-corrected chi connectivity index (χ3v) is 2.54. The zero-order chi connectivity index (χ0) is 10.8. The lowest BCUT2D eigenvalue weighted by molar-refractivity contribution is -0.159. The number of rotatable bonds is 2. The van der Waals surface area contributed by atoms with Gasteiger partial charge in [-0.2, -0.15) is 0 Å². The molecule has 0 heterocycles. The van der Waals surface area contributed by atoms with Gasteiger partial charge < -0.3 is 9.84 Å². The number of carbonyl (C=O) groups is 1. The molecule has 1 fully saturated rings. The van der Waals surface area contributed by atoms with Gasteiger partial charge in [0.1, 0.15) is 5.60 Å². The van der Waals surface area contributed by atoms with Gasteiger partial charge in [-0.25, -0.2) is 0 Å². The molecule has 1 rings (SSSR count). The minimum Gasteiger partial charge on any atom is -0.460 e. The minimum atomic E-state index is -0.394. The van der Waals surface area contributed by atoms with Crippen molar-refractivity contribution in [3.05, 3.63) is 0 Å². The number of carbonyl (C=O) groups excluding carboxylic acids is 1. The van der Waals surface area contributed by atoms with Crippen LogP contribution in [0.2, 0.25) is 0 Å². The molecular weight excluding hydrogens is 180 g/mol. The summed E-state index contributed by atoms with van der Waals surface area (Å²) in [6.07, 6.45) is 2.59. The highest BCUT2D eigenvalue weighted by atomic mass is 16.6. The zero-order valence-electron chi connectivity index (χ0n) is 9.25. The average Bonchev–Trinajstić information content (AvgIpc) is 2.48. The van der Waals surface area contributed by atoms with Crippen molar-refractivity contribution in [3.8, 4) is 0 Å². The van der Waals surface area contributed by atoms with Crippen LogP contribution in [0.25, 0.3) is 0 Å². The molecule has 0 radical (unpaired) electrons. The lowest BCUT2D eigenvalue weighted by atomic mass is 10.1. The Balaban J connectivity index is 2.40. The monoisotopic (exact) mass is 200 g/mol. The fraction of sp³-hybridized carbons (Fsp3) is 0.909. The predicted molar refractivity (Wildman–Crippen MR) is 53.8 cm³/mol. The topological polar surface area (TPSA) is 46.5 Å². The van der Waals surface area contributed by atoms with Crippen molar-refractivity contribution in [2.75, 3.05) is 6.61 Å². The van der Waals surface area contributed by atoms with Crippen molar-refractivity contribution >= 4 is 5.97 Å². The number of ether oxygens (including phenoxy) is 1. The maximum Gasteiger partial charge on any atom is 0.309 e. The van der Waals surface area contributed by atoms with Crippen molar-refractivity contribution in [1.82, 2.24) is 0 Å². The van der Waals surface area contributed by atoms with Gasteiger partial charge in [0.2, 0.25) is 0 Å². The van der Waals surface area contributed by atoms with Crippen LogP contribution in [-0.2, 0) is 9.53 Å². The second-order valence-corrected chi connectivity index (χ2v) is 5.09. The van der Waals surface area contributed by atoms with E-state index in [9.17, 15) is 4.79 Å². The highest BCUT2D eigenvalue weighted by Gasteiger charge is 2.32. The van der Waals surface area contributed by atoms with E-state index >= 15 is 0 Å². The highest BCUT2D eigenvalue weighted by Crippen LogP contribution is 2.32. The largest absolute Gasteiger partial charge is 0.460 e. The Hall–Kier alpha value is -0.570. The van der Waals surface area contributed by atoms with Crippen LogP contribution in [0.4, 0.5) is 0 Å². The molecule has 82 valence electrons. The summed E-state index contributed by atoms with van der Waals surface area (Å²) in [5, 5.41) is 8.95. The van der Waals surface area contributed by atoms with Gasteiger partial charge in [-0.05, 0) is 46.0 Å². The molecule has 1 N–H and O–H groups in total. The first-order chi connectivity index (χ1) is 6.42. The maximum absolute atomic E-state index is 11.6. The third kappa shape index (κ3) is 3.29. The number of esters is 1. The van der Waals surface area contributed by atoms with Gasteiger partial charge in [0, 0.05) is 6.61 Å². The van der Waals surface area contributed by atoms with Crippen LogP contribution in [0.15, 0.2) is 0 Å². The van der Waals surface area contributed by atoms with Gasteiger partial charge >= 0.3 is 5.97 Å². The van der Waals surface area contributed by atoms with Crippen LogP contribution in [-0.4, -0.2) is 23.3 Å². The summed E-state index contributed by atoms with van der Waals surface area (Å²) in [5.74, 6) is 0.201. The van der Waals surface area contributed by atoms with Crippen LogP contribution in [0.5, 0.6) is 0 Å². The molecule has 0 saturated heterocycles. The maximum atomic E-state index is 11.6. The molecule has 1 aliphatic carbocycles. The molecule has 1 aliphatic rings. The lowest BCUT2D eigenvalue weighted by Crippen LogP contribution is -2.27. The van der Waals surface area contributed by atoms with E-state index in [-0.39, 0.29) is 18.5 Å². The molecule has 0 aromatic rings. The molecule has 1 saturated carbocycles. The second kappa shape index (κ2) is 4.30. The van der Waals surface area contributed by atoms with Crippen LogP contribution < -0.4 is 0 Å². The Morgan fingerprint density at radius 1 is 1.43 bits per heavy atom. The van der Waals surface area contributed by atoms with E-state index in [0.717, 1.165) is 19.3 Å². The first-order valence-electron chi connectivity index (χ1n) is 5.26. The van der Waals surface area contributed by atoms with Crippen LogP contribution in [0.1, 0.15) is 40.0 Å². The molecule has 0 spiro atoms. The first kappa shape index (κ1) is 11.5. The van der Waals surface area contributed by atoms with Gasteiger partial charge in [-0.3, -0.25) is 4.79 Å². The van der Waals surface area contributed by atoms with Crippen LogP contribution >= 0.6 is 0 Å². The standard InChI is InChI=1S/C11H20O3/c1-11(2,3)14-10(13)9-5-4-8(6-9)7-12/h8-9,12H,4-7H2,1-3H3/t8-,9?/m0/s1. The summed E-state index contributed by atoms with van der Waals surface area (Å²) in [4.78, 5) is 11.6. The Bertz CT molecular complexity index is 205. The van der Waals surface area contributed by atoms with Crippen molar-refractivity contribution in [3.63, 3.8) is 0 Å². The summed E-state index contributed by atoms with van der Waals surface area (Å²) in [5.41, 5.74) is -0.394. The fourth-order valence-corrected chi connectivity index (χ4v) is 1.84. The molecule has 3 heteroatoms. The van der Waals surface area contributed by atoms with E-state index in [1.165, 1.54) is 0 Å². The number of hydrogen-bond acceptors (Lipinski definition) is 3. The van der Waals surface area contributed by atoms with Crippen LogP contribution in [0, 0.1) is 11.8 Å². The number of hydrogen-bond donors (Lipinski definition) is 1. The average molecular weight is 200 g/mol. The Labute approximate surface area is 85.5 Å². The normalized spacial score (nSPS) is 27.7. The molecule has 0 aliphatic heterocycles. The van der Waals surface area contributed by atoms with Gasteiger partial charge in [-0.1, -0.05) is 0 Å². The smallest absolute Gasteiger partial charge is 0.309 e. The minimum absolute atomic E-state index is 0.00590. The van der Waals surface area contributed by atoms with E-state index in [1.807, 2.05) is 20.8 Å². The molecule has 0 aromatic heterocycles. The molecule has 3 nitrogen and oxygen atoms in total. The van der Waals surface area contributed by atoms with Crippen molar-refractivity contribution in [2.24, 2.45) is 11.8 Å². The highest BCUT2D eigenvalue weighted by molar-refractivity contribution is 5.73. The molecule has 1 unspecified atom stereocenters. The van der Waals surface area contributed by atoms with Gasteiger partial charge in [0.05, 0.1) is 5.92 Å². The summed E-state index contributed by atoms with van der Waals surface area (Å²) in [6.45, 7) is 5.83. The van der Waals surface area contributed by atoms with E-state index in [2.05, 4.69) is 0 Å². The van der Waals surface area contributed by atoms with Gasteiger partial charge in [0.25, 0.3) is 0 Å². The Morgan fingerprint density at radius 3 is 2.50 bits per heavy atom. The Morgan fingerprint density at radius 2 is 2.07 bits per heavy atom. The Kier molecular flexibility index (Phi) is 3.53. The fourth-order valence-electron chi connectivity index (χ4n) is 1.84. The van der Waals surface area contributed by atoms with E-state index in [0.29, 0.717) is 5.92 Å². The number of aliphatic hydroxyl groups excluding tert-OH is 1. The summed E-state index contributed by atoms with van der Waals surface area (Å²) >= 11 is 0. The number of aliphatic hydroxyl groups is 1. The lowest BCUT2D eigenvalue weighted by Gasteiger charge is -2.22. The van der Waals surface area contributed by atoms with Crippen LogP contribution in [0.3, 0.4) is 0 Å². The SMILES string of the molecule is CC(C)(C)OC(=O)C1CC[C@H](CO)C1. The van der Waals surface area contributed by atoms with Gasteiger partial charge in [0.15, 0.2) is 0 Å². The molecule has 0 amide bonds. The molecule has 2 atom stereocenters. The quantitative estimate of drug-likeness (QED) is 0.691. The van der Waals surface area contributed by atoms with Crippen molar-refractivity contribution in [2.45, 2.75) is 45.6 Å². The third-order valence-electron chi connectivity index (χ3n) is 2.54. The summed E-state index contributed by atoms with van der Waals surface area (Å²) < 4.78 is 5.29. The molecule has 0 aromatic carbocycles. The second-order valence-electron chi connectivity index (χ2n) is 5.09. The molecule has 0 bridgehead atoms.